The number of nitrogens with zero attached hydrogens (tertiary/aromatic N) is 1. The van der Waals surface area contributed by atoms with Crippen molar-refractivity contribution >= 4 is 21.6 Å². The standard InChI is InChI=1S/C25H28N2O4S/c1-19-12-13-20(2)24(16-19)32(29,30)27(15-14-21-8-5-4-6-9-21)18-25(28)26-22-10-7-11-23(17-22)31-3/h4-13,16-17H,14-15,18H2,1-3H3,(H,26,28). The van der Waals surface area contributed by atoms with Crippen molar-refractivity contribution in [3.63, 3.8) is 0 Å². The summed E-state index contributed by atoms with van der Waals surface area (Å²) in [6.07, 6.45) is 0.497. The predicted molar refractivity (Wildman–Crippen MR) is 126 cm³/mol. The summed E-state index contributed by atoms with van der Waals surface area (Å²) in [4.78, 5) is 13.0. The Balaban J connectivity index is 1.85. The minimum atomic E-state index is -3.88. The van der Waals surface area contributed by atoms with Crippen molar-refractivity contribution in [2.75, 3.05) is 25.5 Å². The molecule has 0 fully saturated rings. The molecule has 0 spiro atoms. The molecule has 3 aromatic carbocycles. The van der Waals surface area contributed by atoms with Gasteiger partial charge in [-0.15, -0.1) is 0 Å². The van der Waals surface area contributed by atoms with Crippen molar-refractivity contribution < 1.29 is 17.9 Å². The lowest BCUT2D eigenvalue weighted by Crippen LogP contribution is -2.39. The molecular formula is C25H28N2O4S. The number of nitrogens with one attached hydrogen (secondary N) is 1. The minimum absolute atomic E-state index is 0.186. The van der Waals surface area contributed by atoms with Gasteiger partial charge < -0.3 is 10.1 Å². The Bertz CT molecular complexity index is 1180. The number of sulfonamides is 1. The van der Waals surface area contributed by atoms with E-state index in [2.05, 4.69) is 5.32 Å². The van der Waals surface area contributed by atoms with Crippen LogP contribution in [0.2, 0.25) is 0 Å². The molecular weight excluding hydrogens is 424 g/mol. The SMILES string of the molecule is COc1cccc(NC(=O)CN(CCc2ccccc2)S(=O)(=O)c2cc(C)ccc2C)c1. The van der Waals surface area contributed by atoms with E-state index in [1.807, 2.05) is 43.3 Å². The second-order valence-electron chi connectivity index (χ2n) is 7.62. The van der Waals surface area contributed by atoms with Crippen molar-refractivity contribution in [3.8, 4) is 5.75 Å². The number of methoxy groups -OCH3 is 1. The highest BCUT2D eigenvalue weighted by Gasteiger charge is 2.28. The van der Waals surface area contributed by atoms with Crippen molar-refractivity contribution in [2.24, 2.45) is 0 Å². The van der Waals surface area contributed by atoms with Gasteiger partial charge in [0.25, 0.3) is 0 Å². The number of benzene rings is 3. The van der Waals surface area contributed by atoms with Crippen molar-refractivity contribution in [1.29, 1.82) is 0 Å². The maximum absolute atomic E-state index is 13.5. The lowest BCUT2D eigenvalue weighted by molar-refractivity contribution is -0.116. The summed E-state index contributed by atoms with van der Waals surface area (Å²) in [6, 6.07) is 21.9. The average molecular weight is 453 g/mol. The van der Waals surface area contributed by atoms with Crippen LogP contribution in [0.4, 0.5) is 5.69 Å². The monoisotopic (exact) mass is 452 g/mol. The fourth-order valence-electron chi connectivity index (χ4n) is 3.37. The van der Waals surface area contributed by atoms with Crippen LogP contribution in [0.15, 0.2) is 77.7 Å². The van der Waals surface area contributed by atoms with Gasteiger partial charge in [-0.1, -0.05) is 48.5 Å². The van der Waals surface area contributed by atoms with E-state index in [1.54, 1.807) is 50.4 Å². The molecule has 0 saturated carbocycles. The van der Waals surface area contributed by atoms with Crippen LogP contribution in [0.5, 0.6) is 5.75 Å². The van der Waals surface area contributed by atoms with E-state index in [0.717, 1.165) is 11.1 Å². The zero-order valence-electron chi connectivity index (χ0n) is 18.5. The van der Waals surface area contributed by atoms with Crippen LogP contribution in [0.1, 0.15) is 16.7 Å². The van der Waals surface area contributed by atoms with Gasteiger partial charge in [-0.25, -0.2) is 8.42 Å². The number of aryl methyl sites for hydroxylation is 2. The molecule has 0 aliphatic carbocycles. The van der Waals surface area contributed by atoms with Crippen LogP contribution < -0.4 is 10.1 Å². The Labute approximate surface area is 189 Å². The highest BCUT2D eigenvalue weighted by atomic mass is 32.2. The van der Waals surface area contributed by atoms with Gasteiger partial charge in [-0.05, 0) is 55.2 Å². The number of amides is 1. The summed E-state index contributed by atoms with van der Waals surface area (Å²) in [5.74, 6) is 0.187. The van der Waals surface area contributed by atoms with Gasteiger partial charge in [0, 0.05) is 18.3 Å². The molecule has 0 aromatic heterocycles. The molecule has 1 N–H and O–H groups in total. The first-order valence-electron chi connectivity index (χ1n) is 10.3. The van der Waals surface area contributed by atoms with Crippen LogP contribution in [0.3, 0.4) is 0 Å². The first-order valence-corrected chi connectivity index (χ1v) is 11.8. The number of hydrogen-bond donors (Lipinski definition) is 1. The lowest BCUT2D eigenvalue weighted by atomic mass is 10.1. The number of ether oxygens (including phenoxy) is 1. The Morgan fingerprint density at radius 2 is 1.72 bits per heavy atom. The summed E-state index contributed by atoms with van der Waals surface area (Å²) in [7, 11) is -2.33. The van der Waals surface area contributed by atoms with Gasteiger partial charge in [0.15, 0.2) is 0 Å². The van der Waals surface area contributed by atoms with Gasteiger partial charge >= 0.3 is 0 Å². The van der Waals surface area contributed by atoms with Gasteiger partial charge in [0.1, 0.15) is 5.75 Å². The third-order valence-corrected chi connectivity index (χ3v) is 7.11. The molecule has 3 rings (SSSR count). The van der Waals surface area contributed by atoms with Gasteiger partial charge in [-0.2, -0.15) is 4.31 Å². The van der Waals surface area contributed by atoms with Crippen LogP contribution in [-0.4, -0.2) is 38.8 Å². The fraction of sp³-hybridized carbons (Fsp3) is 0.240. The fourth-order valence-corrected chi connectivity index (χ4v) is 5.08. The van der Waals surface area contributed by atoms with E-state index < -0.39 is 15.9 Å². The minimum Gasteiger partial charge on any atom is -0.497 e. The van der Waals surface area contributed by atoms with Crippen LogP contribution in [-0.2, 0) is 21.2 Å². The summed E-state index contributed by atoms with van der Waals surface area (Å²) in [5, 5.41) is 2.77. The molecule has 0 aliphatic heterocycles. The number of rotatable bonds is 9. The molecule has 0 bridgehead atoms. The van der Waals surface area contributed by atoms with Crippen molar-refractivity contribution in [3.05, 3.63) is 89.5 Å². The number of carbonyl (C=O) groups excluding carboxylic acids is 1. The zero-order chi connectivity index (χ0) is 23.1. The molecule has 32 heavy (non-hydrogen) atoms. The predicted octanol–water partition coefficient (Wildman–Crippen LogP) is 4.18. The van der Waals surface area contributed by atoms with E-state index in [1.165, 1.54) is 4.31 Å². The number of anilines is 1. The Kier molecular flexibility index (Phi) is 7.66. The molecule has 0 unspecified atom stereocenters. The third-order valence-electron chi connectivity index (χ3n) is 5.13. The summed E-state index contributed by atoms with van der Waals surface area (Å²) in [5.41, 5.74) is 3.04. The Morgan fingerprint density at radius 3 is 2.44 bits per heavy atom. The van der Waals surface area contributed by atoms with Crippen LogP contribution in [0.25, 0.3) is 0 Å². The third kappa shape index (κ3) is 5.96. The van der Waals surface area contributed by atoms with E-state index in [9.17, 15) is 13.2 Å². The van der Waals surface area contributed by atoms with Crippen molar-refractivity contribution in [2.45, 2.75) is 25.2 Å². The molecule has 0 radical (unpaired) electrons. The molecule has 0 atom stereocenters. The smallest absolute Gasteiger partial charge is 0.243 e. The first-order chi connectivity index (χ1) is 15.3. The molecule has 0 heterocycles. The van der Waals surface area contributed by atoms with E-state index in [-0.39, 0.29) is 18.0 Å². The molecule has 0 saturated heterocycles. The van der Waals surface area contributed by atoms with Crippen LogP contribution >= 0.6 is 0 Å². The molecule has 168 valence electrons. The van der Waals surface area contributed by atoms with E-state index in [4.69, 9.17) is 4.74 Å². The van der Waals surface area contributed by atoms with E-state index >= 15 is 0 Å². The highest BCUT2D eigenvalue weighted by molar-refractivity contribution is 7.89. The normalized spacial score (nSPS) is 11.4. The molecule has 0 aliphatic rings. The summed E-state index contributed by atoms with van der Waals surface area (Å²) >= 11 is 0. The Morgan fingerprint density at radius 1 is 0.969 bits per heavy atom. The molecule has 1 amide bonds. The molecule has 7 heteroatoms. The summed E-state index contributed by atoms with van der Waals surface area (Å²) < 4.78 is 33.5. The average Bonchev–Trinajstić information content (AvgIpc) is 2.78. The van der Waals surface area contributed by atoms with E-state index in [0.29, 0.717) is 23.4 Å². The van der Waals surface area contributed by atoms with Crippen LogP contribution in [0, 0.1) is 13.8 Å². The first kappa shape index (κ1) is 23.5. The Hall–Kier alpha value is -3.16. The van der Waals surface area contributed by atoms with Gasteiger partial charge in [0.2, 0.25) is 15.9 Å². The second-order valence-corrected chi connectivity index (χ2v) is 9.53. The lowest BCUT2D eigenvalue weighted by Gasteiger charge is -2.23. The maximum Gasteiger partial charge on any atom is 0.243 e. The largest absolute Gasteiger partial charge is 0.497 e. The molecule has 6 nitrogen and oxygen atoms in total. The highest BCUT2D eigenvalue weighted by Crippen LogP contribution is 2.22. The van der Waals surface area contributed by atoms with Gasteiger partial charge in [-0.3, -0.25) is 4.79 Å². The summed E-state index contributed by atoms with van der Waals surface area (Å²) in [6.45, 7) is 3.51. The zero-order valence-corrected chi connectivity index (χ0v) is 19.4. The topological polar surface area (TPSA) is 75.7 Å². The quantitative estimate of drug-likeness (QED) is 0.528. The maximum atomic E-state index is 13.5. The molecule has 3 aromatic rings. The number of hydrogen-bond acceptors (Lipinski definition) is 4. The van der Waals surface area contributed by atoms with Crippen molar-refractivity contribution in [1.82, 2.24) is 4.31 Å². The second kappa shape index (κ2) is 10.4. The van der Waals surface area contributed by atoms with Gasteiger partial charge in [0.05, 0.1) is 18.6 Å². The number of carbonyl (C=O) groups is 1.